The molecule has 18 heavy (non-hydrogen) atoms. The van der Waals surface area contributed by atoms with Crippen molar-refractivity contribution in [2.45, 2.75) is 26.3 Å². The highest BCUT2D eigenvalue weighted by atomic mass is 16.5. The molecule has 0 aliphatic rings. The van der Waals surface area contributed by atoms with Crippen LogP contribution in [0.25, 0.3) is 0 Å². The van der Waals surface area contributed by atoms with Gasteiger partial charge in [-0.15, -0.1) is 0 Å². The van der Waals surface area contributed by atoms with Crippen LogP contribution in [-0.4, -0.2) is 4.98 Å². The molecule has 2 rings (SSSR count). The molecule has 0 unspecified atom stereocenters. The Morgan fingerprint density at radius 2 is 2.06 bits per heavy atom. The van der Waals surface area contributed by atoms with E-state index >= 15 is 0 Å². The summed E-state index contributed by atoms with van der Waals surface area (Å²) in [4.78, 5) is 4.27. The molecule has 1 aromatic carbocycles. The fraction of sp³-hybridized carbons (Fsp3) is 0.267. The van der Waals surface area contributed by atoms with Crippen molar-refractivity contribution >= 4 is 0 Å². The maximum atomic E-state index is 5.75. The fourth-order valence-corrected chi connectivity index (χ4v) is 1.69. The highest BCUT2D eigenvalue weighted by molar-refractivity contribution is 5.33. The first-order valence-electron chi connectivity index (χ1n) is 6.17. The summed E-state index contributed by atoms with van der Waals surface area (Å²) in [6, 6.07) is 11.8. The Morgan fingerprint density at radius 3 is 2.67 bits per heavy atom. The summed E-state index contributed by atoms with van der Waals surface area (Å²) in [6.07, 6.45) is 2.70. The minimum atomic E-state index is -0.0533. The van der Waals surface area contributed by atoms with Gasteiger partial charge in [-0.2, -0.15) is 0 Å². The Morgan fingerprint density at radius 1 is 1.22 bits per heavy atom. The van der Waals surface area contributed by atoms with Gasteiger partial charge in [-0.25, -0.2) is 0 Å². The van der Waals surface area contributed by atoms with E-state index in [1.54, 1.807) is 6.20 Å². The molecule has 3 nitrogen and oxygen atoms in total. The van der Waals surface area contributed by atoms with E-state index in [4.69, 9.17) is 10.5 Å². The van der Waals surface area contributed by atoms with Gasteiger partial charge >= 0.3 is 0 Å². The average molecular weight is 242 g/mol. The first-order chi connectivity index (χ1) is 8.69. The number of hydrogen-bond acceptors (Lipinski definition) is 3. The van der Waals surface area contributed by atoms with Crippen molar-refractivity contribution in [3.8, 4) is 11.5 Å². The van der Waals surface area contributed by atoms with Crippen molar-refractivity contribution in [1.82, 2.24) is 4.98 Å². The lowest BCUT2D eigenvalue weighted by Gasteiger charge is -2.08. The van der Waals surface area contributed by atoms with E-state index in [2.05, 4.69) is 18.0 Å². The summed E-state index contributed by atoms with van der Waals surface area (Å²) in [7, 11) is 0. The minimum Gasteiger partial charge on any atom is -0.456 e. The molecule has 0 aliphatic heterocycles. The Balaban J connectivity index is 2.13. The summed E-state index contributed by atoms with van der Waals surface area (Å²) in [6.45, 7) is 4.03. The van der Waals surface area contributed by atoms with Gasteiger partial charge in [0.25, 0.3) is 0 Å². The standard InChI is InChI=1S/C15H18N2O/c1-3-12-5-4-6-13(9-12)18-14-7-8-15(11(2)16)17-10-14/h4-11H,3,16H2,1-2H3/t11-/m0/s1. The Labute approximate surface area is 108 Å². The lowest BCUT2D eigenvalue weighted by atomic mass is 10.2. The third-order valence-corrected chi connectivity index (χ3v) is 2.77. The van der Waals surface area contributed by atoms with Gasteiger partial charge in [-0.1, -0.05) is 19.1 Å². The number of pyridine rings is 1. The van der Waals surface area contributed by atoms with E-state index in [0.717, 1.165) is 23.6 Å². The van der Waals surface area contributed by atoms with Gasteiger partial charge in [0.15, 0.2) is 0 Å². The zero-order valence-corrected chi connectivity index (χ0v) is 10.8. The number of rotatable bonds is 4. The topological polar surface area (TPSA) is 48.1 Å². The largest absolute Gasteiger partial charge is 0.456 e. The molecule has 3 heteroatoms. The molecule has 1 atom stereocenters. The molecule has 0 saturated carbocycles. The molecule has 2 N–H and O–H groups in total. The molecule has 0 spiro atoms. The molecule has 94 valence electrons. The van der Waals surface area contributed by atoms with Crippen molar-refractivity contribution in [1.29, 1.82) is 0 Å². The van der Waals surface area contributed by atoms with Crippen molar-refractivity contribution in [2.75, 3.05) is 0 Å². The van der Waals surface area contributed by atoms with E-state index in [9.17, 15) is 0 Å². The van der Waals surface area contributed by atoms with E-state index < -0.39 is 0 Å². The van der Waals surface area contributed by atoms with Crippen LogP contribution in [0.3, 0.4) is 0 Å². The number of nitrogens with zero attached hydrogens (tertiary/aromatic N) is 1. The Hall–Kier alpha value is -1.87. The van der Waals surface area contributed by atoms with Crippen molar-refractivity contribution in [3.05, 3.63) is 53.9 Å². The van der Waals surface area contributed by atoms with Gasteiger partial charge in [0, 0.05) is 6.04 Å². The molecular formula is C15H18N2O. The molecule has 0 amide bonds. The normalized spacial score (nSPS) is 12.2. The lowest BCUT2D eigenvalue weighted by Crippen LogP contribution is -2.06. The summed E-state index contributed by atoms with van der Waals surface area (Å²) in [5, 5.41) is 0. The number of hydrogen-bond donors (Lipinski definition) is 1. The number of benzene rings is 1. The van der Waals surface area contributed by atoms with Crippen LogP contribution in [-0.2, 0) is 6.42 Å². The fourth-order valence-electron chi connectivity index (χ4n) is 1.69. The maximum absolute atomic E-state index is 5.75. The number of aryl methyl sites for hydroxylation is 1. The summed E-state index contributed by atoms with van der Waals surface area (Å²) < 4.78 is 5.75. The predicted octanol–water partition coefficient (Wildman–Crippen LogP) is 3.46. The summed E-state index contributed by atoms with van der Waals surface area (Å²) >= 11 is 0. The van der Waals surface area contributed by atoms with Crippen LogP contribution in [0.1, 0.15) is 31.1 Å². The molecule has 0 bridgehead atoms. The van der Waals surface area contributed by atoms with Crippen LogP contribution in [0.4, 0.5) is 0 Å². The van der Waals surface area contributed by atoms with Crippen molar-refractivity contribution < 1.29 is 4.74 Å². The van der Waals surface area contributed by atoms with Crippen LogP contribution in [0.5, 0.6) is 11.5 Å². The second-order valence-corrected chi connectivity index (χ2v) is 4.31. The second-order valence-electron chi connectivity index (χ2n) is 4.31. The quantitative estimate of drug-likeness (QED) is 0.893. The molecule has 1 heterocycles. The summed E-state index contributed by atoms with van der Waals surface area (Å²) in [5.41, 5.74) is 7.87. The zero-order chi connectivity index (χ0) is 13.0. The monoisotopic (exact) mass is 242 g/mol. The van der Waals surface area contributed by atoms with Gasteiger partial charge in [-0.3, -0.25) is 4.98 Å². The van der Waals surface area contributed by atoms with E-state index in [-0.39, 0.29) is 6.04 Å². The van der Waals surface area contributed by atoms with E-state index in [1.807, 2.05) is 37.3 Å². The van der Waals surface area contributed by atoms with Crippen LogP contribution < -0.4 is 10.5 Å². The smallest absolute Gasteiger partial charge is 0.145 e. The molecule has 0 radical (unpaired) electrons. The first-order valence-corrected chi connectivity index (χ1v) is 6.17. The van der Waals surface area contributed by atoms with Gasteiger partial charge in [0.1, 0.15) is 11.5 Å². The first kappa shape index (κ1) is 12.6. The van der Waals surface area contributed by atoms with Gasteiger partial charge in [0.2, 0.25) is 0 Å². The van der Waals surface area contributed by atoms with Crippen molar-refractivity contribution in [3.63, 3.8) is 0 Å². The van der Waals surface area contributed by atoms with Crippen LogP contribution in [0.15, 0.2) is 42.6 Å². The minimum absolute atomic E-state index is 0.0533. The third-order valence-electron chi connectivity index (χ3n) is 2.77. The number of aromatic nitrogens is 1. The highest BCUT2D eigenvalue weighted by Crippen LogP contribution is 2.22. The summed E-state index contributed by atoms with van der Waals surface area (Å²) in [5.74, 6) is 1.57. The van der Waals surface area contributed by atoms with Crippen LogP contribution in [0, 0.1) is 0 Å². The van der Waals surface area contributed by atoms with Gasteiger partial charge in [0.05, 0.1) is 11.9 Å². The molecular weight excluding hydrogens is 224 g/mol. The molecule has 0 aliphatic carbocycles. The van der Waals surface area contributed by atoms with Gasteiger partial charge in [-0.05, 0) is 43.2 Å². The Bertz CT molecular complexity index is 506. The molecule has 0 saturated heterocycles. The number of ether oxygens (including phenoxy) is 1. The highest BCUT2D eigenvalue weighted by Gasteiger charge is 2.02. The second kappa shape index (κ2) is 5.65. The van der Waals surface area contributed by atoms with E-state index in [1.165, 1.54) is 5.56 Å². The maximum Gasteiger partial charge on any atom is 0.145 e. The van der Waals surface area contributed by atoms with Gasteiger partial charge < -0.3 is 10.5 Å². The zero-order valence-electron chi connectivity index (χ0n) is 10.8. The van der Waals surface area contributed by atoms with Crippen molar-refractivity contribution in [2.24, 2.45) is 5.73 Å². The van der Waals surface area contributed by atoms with Crippen LogP contribution >= 0.6 is 0 Å². The number of nitrogens with two attached hydrogens (primary N) is 1. The molecule has 2 aromatic rings. The molecule has 0 fully saturated rings. The van der Waals surface area contributed by atoms with Crippen LogP contribution in [0.2, 0.25) is 0 Å². The predicted molar refractivity (Wildman–Crippen MR) is 72.7 cm³/mol. The average Bonchev–Trinajstić information content (AvgIpc) is 2.39. The van der Waals surface area contributed by atoms with E-state index in [0.29, 0.717) is 0 Å². The Kier molecular flexibility index (Phi) is 3.95. The molecule has 1 aromatic heterocycles. The third kappa shape index (κ3) is 3.08. The SMILES string of the molecule is CCc1cccc(Oc2ccc([C@H](C)N)nc2)c1. The lowest BCUT2D eigenvalue weighted by molar-refractivity contribution is 0.478.